The minimum atomic E-state index is -2.94. The number of rotatable bonds is 5. The minimum absolute atomic E-state index is 0.0876. The number of amides is 2. The lowest BCUT2D eigenvalue weighted by atomic mass is 10.1. The van der Waals surface area contributed by atoms with Crippen molar-refractivity contribution < 1.29 is 23.1 Å². The van der Waals surface area contributed by atoms with Gasteiger partial charge in [-0.25, -0.2) is 13.2 Å². The van der Waals surface area contributed by atoms with Crippen LogP contribution in [0.4, 0.5) is 4.79 Å². The Hall–Kier alpha value is -1.31. The maximum atomic E-state index is 11.7. The molecule has 110 valence electrons. The largest absolute Gasteiger partial charge is 0.481 e. The number of hydrogen-bond acceptors (Lipinski definition) is 4. The van der Waals surface area contributed by atoms with Gasteiger partial charge in [0.25, 0.3) is 0 Å². The van der Waals surface area contributed by atoms with Crippen LogP contribution in [0.5, 0.6) is 0 Å². The molecule has 0 aromatic heterocycles. The van der Waals surface area contributed by atoms with Crippen molar-refractivity contribution in [2.45, 2.75) is 44.7 Å². The van der Waals surface area contributed by atoms with Gasteiger partial charge in [-0.3, -0.25) is 4.79 Å². The first-order valence-electron chi connectivity index (χ1n) is 6.31. The molecule has 7 nitrogen and oxygen atoms in total. The Morgan fingerprint density at radius 2 is 1.89 bits per heavy atom. The van der Waals surface area contributed by atoms with Gasteiger partial charge in [-0.15, -0.1) is 0 Å². The molecule has 0 aliphatic carbocycles. The van der Waals surface area contributed by atoms with Gasteiger partial charge in [-0.2, -0.15) is 0 Å². The molecule has 0 spiro atoms. The highest BCUT2D eigenvalue weighted by Gasteiger charge is 2.25. The number of hydrogen-bond donors (Lipinski definition) is 3. The molecule has 0 aromatic carbocycles. The molecule has 1 unspecified atom stereocenters. The highest BCUT2D eigenvalue weighted by Crippen LogP contribution is 2.12. The standard InChI is InChI=1S/C11H20N2O5S/c1-2-8(7-10(14)15)12-11(16)13-9-3-5-19(17,18)6-4-9/h8-9H,2-7H2,1H3,(H,14,15)(H2,12,13,16). The summed E-state index contributed by atoms with van der Waals surface area (Å²) in [4.78, 5) is 22.2. The van der Waals surface area contributed by atoms with Crippen LogP contribution >= 0.6 is 0 Å². The summed E-state index contributed by atoms with van der Waals surface area (Å²) in [6, 6.07) is -1.01. The summed E-state index contributed by atoms with van der Waals surface area (Å²) in [5.74, 6) is -0.787. The third-order valence-electron chi connectivity index (χ3n) is 3.14. The van der Waals surface area contributed by atoms with Gasteiger partial charge in [-0.05, 0) is 19.3 Å². The summed E-state index contributed by atoms with van der Waals surface area (Å²) in [6.45, 7) is 1.79. The van der Waals surface area contributed by atoms with Crippen LogP contribution in [0, 0.1) is 0 Å². The molecular weight excluding hydrogens is 272 g/mol. The molecular formula is C11H20N2O5S. The molecule has 1 atom stereocenters. The van der Waals surface area contributed by atoms with E-state index in [9.17, 15) is 18.0 Å². The minimum Gasteiger partial charge on any atom is -0.481 e. The van der Waals surface area contributed by atoms with Gasteiger partial charge < -0.3 is 15.7 Å². The quantitative estimate of drug-likeness (QED) is 0.666. The molecule has 0 saturated carbocycles. The van der Waals surface area contributed by atoms with Crippen molar-refractivity contribution >= 4 is 21.8 Å². The highest BCUT2D eigenvalue weighted by molar-refractivity contribution is 7.91. The second-order valence-corrected chi connectivity index (χ2v) is 7.05. The Bertz CT molecular complexity index is 420. The molecule has 1 saturated heterocycles. The van der Waals surface area contributed by atoms with E-state index in [1.165, 1.54) is 0 Å². The van der Waals surface area contributed by atoms with E-state index < -0.39 is 27.9 Å². The summed E-state index contributed by atoms with van der Waals surface area (Å²) in [5, 5.41) is 13.9. The molecule has 1 aliphatic heterocycles. The maximum absolute atomic E-state index is 11.7. The normalized spacial score (nSPS) is 20.5. The lowest BCUT2D eigenvalue weighted by molar-refractivity contribution is -0.137. The Morgan fingerprint density at radius 1 is 1.32 bits per heavy atom. The van der Waals surface area contributed by atoms with Crippen LogP contribution in [-0.2, 0) is 14.6 Å². The molecule has 1 fully saturated rings. The number of carbonyl (C=O) groups excluding carboxylic acids is 1. The molecule has 3 N–H and O–H groups in total. The highest BCUT2D eigenvalue weighted by atomic mass is 32.2. The van der Waals surface area contributed by atoms with Crippen molar-refractivity contribution in [2.75, 3.05) is 11.5 Å². The first kappa shape index (κ1) is 15.7. The van der Waals surface area contributed by atoms with E-state index in [1.54, 1.807) is 6.92 Å². The molecule has 1 rings (SSSR count). The number of nitrogens with one attached hydrogen (secondary N) is 2. The third kappa shape index (κ3) is 5.91. The summed E-state index contributed by atoms with van der Waals surface area (Å²) in [5.41, 5.74) is 0. The first-order valence-corrected chi connectivity index (χ1v) is 8.13. The van der Waals surface area contributed by atoms with Crippen molar-refractivity contribution in [1.82, 2.24) is 10.6 Å². The van der Waals surface area contributed by atoms with E-state index in [4.69, 9.17) is 5.11 Å². The van der Waals surface area contributed by atoms with Gasteiger partial charge in [0.1, 0.15) is 9.84 Å². The fraction of sp³-hybridized carbons (Fsp3) is 0.818. The fourth-order valence-electron chi connectivity index (χ4n) is 1.96. The number of aliphatic carboxylic acids is 1. The van der Waals surface area contributed by atoms with E-state index in [1.807, 2.05) is 0 Å². The van der Waals surface area contributed by atoms with Gasteiger partial charge in [0.05, 0.1) is 17.9 Å². The van der Waals surface area contributed by atoms with Gasteiger partial charge in [-0.1, -0.05) is 6.92 Å². The number of sulfone groups is 1. The lowest BCUT2D eigenvalue weighted by Gasteiger charge is -2.24. The Kier molecular flexibility index (Phi) is 5.59. The topological polar surface area (TPSA) is 113 Å². The molecule has 2 amide bonds. The van der Waals surface area contributed by atoms with Crippen molar-refractivity contribution in [1.29, 1.82) is 0 Å². The number of urea groups is 1. The average Bonchev–Trinajstić information content (AvgIpc) is 2.30. The Labute approximate surface area is 112 Å². The van der Waals surface area contributed by atoms with Gasteiger partial charge >= 0.3 is 12.0 Å². The molecule has 8 heteroatoms. The van der Waals surface area contributed by atoms with Crippen LogP contribution in [0.1, 0.15) is 32.6 Å². The molecule has 0 radical (unpaired) electrons. The van der Waals surface area contributed by atoms with E-state index in [-0.39, 0.29) is 24.0 Å². The van der Waals surface area contributed by atoms with Crippen LogP contribution in [0.2, 0.25) is 0 Å². The van der Waals surface area contributed by atoms with E-state index in [0.717, 1.165) is 0 Å². The molecule has 0 aromatic rings. The van der Waals surface area contributed by atoms with Crippen LogP contribution in [0.3, 0.4) is 0 Å². The number of carboxylic acid groups (broad SMARTS) is 1. The molecule has 1 aliphatic rings. The molecule has 19 heavy (non-hydrogen) atoms. The van der Waals surface area contributed by atoms with Crippen molar-refractivity contribution in [3.8, 4) is 0 Å². The Balaban J connectivity index is 2.37. The van der Waals surface area contributed by atoms with Crippen molar-refractivity contribution in [3.63, 3.8) is 0 Å². The van der Waals surface area contributed by atoms with E-state index in [2.05, 4.69) is 10.6 Å². The summed E-state index contributed by atoms with van der Waals surface area (Å²) < 4.78 is 22.5. The van der Waals surface area contributed by atoms with Gasteiger partial charge in [0.2, 0.25) is 0 Å². The van der Waals surface area contributed by atoms with Crippen molar-refractivity contribution in [2.24, 2.45) is 0 Å². The average molecular weight is 292 g/mol. The second kappa shape index (κ2) is 6.74. The van der Waals surface area contributed by atoms with E-state index in [0.29, 0.717) is 19.3 Å². The zero-order valence-electron chi connectivity index (χ0n) is 10.9. The van der Waals surface area contributed by atoms with E-state index >= 15 is 0 Å². The number of carboxylic acids is 1. The zero-order valence-corrected chi connectivity index (χ0v) is 11.7. The molecule has 1 heterocycles. The summed E-state index contributed by atoms with van der Waals surface area (Å²) >= 11 is 0. The van der Waals surface area contributed by atoms with Crippen molar-refractivity contribution in [3.05, 3.63) is 0 Å². The Morgan fingerprint density at radius 3 is 2.37 bits per heavy atom. The van der Waals surface area contributed by atoms with Crippen LogP contribution in [-0.4, -0.2) is 49.1 Å². The third-order valence-corrected chi connectivity index (χ3v) is 4.85. The van der Waals surface area contributed by atoms with Gasteiger partial charge in [0.15, 0.2) is 0 Å². The fourth-order valence-corrected chi connectivity index (χ4v) is 3.45. The molecule has 0 bridgehead atoms. The zero-order chi connectivity index (χ0) is 14.5. The second-order valence-electron chi connectivity index (χ2n) is 4.75. The predicted octanol–water partition coefficient (Wildman–Crippen LogP) is 0.116. The van der Waals surface area contributed by atoms with Crippen LogP contribution < -0.4 is 10.6 Å². The predicted molar refractivity (Wildman–Crippen MR) is 69.7 cm³/mol. The SMILES string of the molecule is CCC(CC(=O)O)NC(=O)NC1CCS(=O)(=O)CC1. The summed E-state index contributed by atoms with van der Waals surface area (Å²) in [7, 11) is -2.94. The van der Waals surface area contributed by atoms with Gasteiger partial charge in [0, 0.05) is 12.1 Å². The van der Waals surface area contributed by atoms with Crippen LogP contribution in [0.15, 0.2) is 0 Å². The smallest absolute Gasteiger partial charge is 0.315 e. The lowest BCUT2D eigenvalue weighted by Crippen LogP contribution is -2.48. The summed E-state index contributed by atoms with van der Waals surface area (Å²) in [6.07, 6.45) is 1.22. The number of carbonyl (C=O) groups is 2. The monoisotopic (exact) mass is 292 g/mol. The first-order chi connectivity index (χ1) is 8.82. The maximum Gasteiger partial charge on any atom is 0.315 e. The van der Waals surface area contributed by atoms with Crippen LogP contribution in [0.25, 0.3) is 0 Å².